The van der Waals surface area contributed by atoms with E-state index in [2.05, 4.69) is 79.7 Å². The molecule has 0 nitrogen and oxygen atoms in total. The van der Waals surface area contributed by atoms with Crippen molar-refractivity contribution >= 4 is 23.1 Å². The van der Waals surface area contributed by atoms with Gasteiger partial charge >= 0.3 is 7.25 Å². The van der Waals surface area contributed by atoms with Crippen molar-refractivity contribution in [1.29, 1.82) is 0 Å². The Labute approximate surface area is 248 Å². The van der Waals surface area contributed by atoms with Crippen LogP contribution in [0.4, 0.5) is 17.3 Å². The second-order valence-corrected chi connectivity index (χ2v) is 18.1. The summed E-state index contributed by atoms with van der Waals surface area (Å²) < 4.78 is 39.0. The molecule has 8 heteroatoms. The fourth-order valence-electron chi connectivity index (χ4n) is 6.45. The predicted octanol–water partition coefficient (Wildman–Crippen LogP) is 11.6. The molecule has 0 N–H and O–H groups in total. The van der Waals surface area contributed by atoms with Gasteiger partial charge in [0.2, 0.25) is 0 Å². The van der Waals surface area contributed by atoms with Crippen molar-refractivity contribution in [3.63, 3.8) is 0 Å². The Kier molecular flexibility index (Phi) is 20.2. The van der Waals surface area contributed by atoms with E-state index in [0.29, 0.717) is 0 Å². The molecule has 0 spiro atoms. The van der Waals surface area contributed by atoms with Crippen LogP contribution in [-0.2, 0) is 19.5 Å². The van der Waals surface area contributed by atoms with Gasteiger partial charge in [-0.05, 0) is 110 Å². The smallest absolute Gasteiger partial charge is 0.418 e. The molecule has 3 rings (SSSR count). The van der Waals surface area contributed by atoms with Gasteiger partial charge in [0.05, 0.1) is 0 Å². The molecule has 1 aliphatic carbocycles. The molecule has 0 bridgehead atoms. The van der Waals surface area contributed by atoms with Crippen LogP contribution in [0.2, 0.25) is 0 Å². The van der Waals surface area contributed by atoms with E-state index in [9.17, 15) is 17.3 Å². The Balaban J connectivity index is 0.000000804. The van der Waals surface area contributed by atoms with Crippen LogP contribution in [-0.4, -0.2) is 42.2 Å². The summed E-state index contributed by atoms with van der Waals surface area (Å²) in [7, 11) is -5.45. The molecule has 0 aromatic carbocycles. The van der Waals surface area contributed by atoms with Crippen molar-refractivity contribution in [2.45, 2.75) is 129 Å². The van der Waals surface area contributed by atoms with Gasteiger partial charge in [-0.2, -0.15) is 0 Å². The summed E-state index contributed by atoms with van der Waals surface area (Å²) >= 11 is 0. The number of hydrogen-bond donors (Lipinski definition) is 0. The fourth-order valence-corrected chi connectivity index (χ4v) is 15.6. The Morgan fingerprint density at radius 1 is 0.526 bits per heavy atom. The van der Waals surface area contributed by atoms with Crippen LogP contribution in [0, 0.1) is 23.7 Å². The molecule has 0 unspecified atom stereocenters. The summed E-state index contributed by atoms with van der Waals surface area (Å²) in [6.45, 7) is 20.0. The molecule has 0 aromatic heterocycles. The first-order valence-electron chi connectivity index (χ1n) is 14.9. The Bertz CT molecular complexity index is 567. The third kappa shape index (κ3) is 15.1. The van der Waals surface area contributed by atoms with Gasteiger partial charge in [-0.25, -0.2) is 0 Å². The van der Waals surface area contributed by atoms with E-state index in [-0.39, 0.29) is 35.3 Å². The summed E-state index contributed by atoms with van der Waals surface area (Å²) in [6, 6.07) is 0. The Hall–Kier alpha value is 0.748. The van der Waals surface area contributed by atoms with Crippen LogP contribution in [0.25, 0.3) is 0 Å². The van der Waals surface area contributed by atoms with Gasteiger partial charge in [0.15, 0.2) is 0 Å². The Morgan fingerprint density at radius 2 is 0.711 bits per heavy atom. The molecule has 38 heavy (non-hydrogen) atoms. The molecule has 2 aliphatic heterocycles. The van der Waals surface area contributed by atoms with Crippen molar-refractivity contribution in [1.82, 2.24) is 0 Å². The molecule has 3 aliphatic rings. The van der Waals surface area contributed by atoms with Gasteiger partial charge in [-0.1, -0.05) is 95.5 Å². The molecule has 1 radical (unpaired) electrons. The Morgan fingerprint density at radius 3 is 0.868 bits per heavy atom. The topological polar surface area (TPSA) is 0 Å². The van der Waals surface area contributed by atoms with E-state index in [4.69, 9.17) is 0 Å². The van der Waals surface area contributed by atoms with Gasteiger partial charge in [-0.15, -0.1) is 0 Å². The molecule has 0 saturated carbocycles. The van der Waals surface area contributed by atoms with E-state index < -0.39 is 7.25 Å². The van der Waals surface area contributed by atoms with Crippen LogP contribution in [0.15, 0.2) is 24.3 Å². The number of halogens is 4. The van der Waals surface area contributed by atoms with Crippen LogP contribution >= 0.6 is 15.8 Å². The third-order valence-corrected chi connectivity index (χ3v) is 16.9. The summed E-state index contributed by atoms with van der Waals surface area (Å²) in [5.41, 5.74) is 4.28. The maximum absolute atomic E-state index is 9.75. The van der Waals surface area contributed by atoms with E-state index in [1.165, 1.54) is 51.4 Å². The normalized spacial score (nSPS) is 28.3. The fraction of sp³-hybridized carbons (Fsp3) is 0.867. The quantitative estimate of drug-likeness (QED) is 0.110. The maximum Gasteiger partial charge on any atom is 0.673 e. The first kappa shape index (κ1) is 38.7. The van der Waals surface area contributed by atoms with Gasteiger partial charge in [0.25, 0.3) is 0 Å². The molecular formula is C30H56BF4P2Rh-. The van der Waals surface area contributed by atoms with Gasteiger partial charge in [-0.3, -0.25) is 0 Å². The molecule has 2 fully saturated rings. The van der Waals surface area contributed by atoms with Crippen molar-refractivity contribution in [2.75, 3.05) is 12.3 Å². The van der Waals surface area contributed by atoms with Crippen molar-refractivity contribution in [3.8, 4) is 0 Å². The summed E-state index contributed by atoms with van der Waals surface area (Å²) in [5.74, 6) is 3.66. The second kappa shape index (κ2) is 19.8. The van der Waals surface area contributed by atoms with Crippen molar-refractivity contribution in [3.05, 3.63) is 24.3 Å². The third-order valence-electron chi connectivity index (χ3n) is 8.25. The number of rotatable bonds is 7. The molecule has 0 amide bonds. The van der Waals surface area contributed by atoms with Crippen LogP contribution < -0.4 is 0 Å². The molecule has 4 atom stereocenters. The first-order valence-corrected chi connectivity index (χ1v) is 18.3. The molecule has 0 aromatic rings. The zero-order valence-corrected chi connectivity index (χ0v) is 28.7. The van der Waals surface area contributed by atoms with E-state index >= 15 is 0 Å². The largest absolute Gasteiger partial charge is 0.673 e. The number of hydrogen-bond acceptors (Lipinski definition) is 0. The maximum atomic E-state index is 9.75. The first-order chi connectivity index (χ1) is 17.2. The molecular weight excluding hydrogens is 612 g/mol. The van der Waals surface area contributed by atoms with Crippen LogP contribution in [0.5, 0.6) is 0 Å². The minimum Gasteiger partial charge on any atom is -0.418 e. The van der Waals surface area contributed by atoms with Crippen LogP contribution in [0.1, 0.15) is 107 Å². The van der Waals surface area contributed by atoms with E-state index in [0.717, 1.165) is 46.3 Å². The minimum atomic E-state index is -6.00. The zero-order chi connectivity index (χ0) is 28.2. The summed E-state index contributed by atoms with van der Waals surface area (Å²) in [5, 5.41) is 0. The number of allylic oxidation sites excluding steroid dienone is 4. The average molecular weight is 668 g/mol. The van der Waals surface area contributed by atoms with Gasteiger partial charge in [0.1, 0.15) is 0 Å². The van der Waals surface area contributed by atoms with Crippen molar-refractivity contribution < 1.29 is 36.7 Å². The predicted molar refractivity (Wildman–Crippen MR) is 163 cm³/mol. The van der Waals surface area contributed by atoms with Gasteiger partial charge in [0, 0.05) is 19.5 Å². The van der Waals surface area contributed by atoms with E-state index in [1.807, 2.05) is 0 Å². The summed E-state index contributed by atoms with van der Waals surface area (Å²) in [4.78, 5) is 0. The van der Waals surface area contributed by atoms with E-state index in [1.54, 1.807) is 12.3 Å². The SMILES string of the molecule is C1=C\CC/C=C\CC/1.CC(C)[C@@H]1CC[C@@H](C(C)C)P1CCP1[C@H](C(C)C)CC[C@H]1C(C)C.F[B-](F)(F)F.[Rh]. The average Bonchev–Trinajstić information content (AvgIpc) is 3.35. The summed E-state index contributed by atoms with van der Waals surface area (Å²) in [6.07, 6.45) is 23.4. The molecule has 227 valence electrons. The zero-order valence-electron chi connectivity index (χ0n) is 25.3. The van der Waals surface area contributed by atoms with Crippen LogP contribution in [0.3, 0.4) is 0 Å². The van der Waals surface area contributed by atoms with Gasteiger partial charge < -0.3 is 17.3 Å². The second-order valence-electron chi connectivity index (χ2n) is 12.5. The molecule has 2 heterocycles. The minimum absolute atomic E-state index is 0. The van der Waals surface area contributed by atoms with Crippen molar-refractivity contribution in [2.24, 2.45) is 23.7 Å². The monoisotopic (exact) mass is 668 g/mol. The molecule has 2 saturated heterocycles. The standard InChI is InChI=1S/C22H44P2.C8H12.BF4.Rh/c1-15(2)19-9-10-20(16(3)4)23(19)13-14-24-21(17(5)6)11-12-22(24)18(7)8;1-2-4-6-8-7-5-3-1;2-1(3,4)5;/h15-22H,9-14H2,1-8H3;1-2,7-8H,3-6H2;;/q;;-1;/b;2-1-,8-7-;;/t19-,20-,21-,22-;;;/m0.../s1.